The van der Waals surface area contributed by atoms with Gasteiger partial charge in [0.25, 0.3) is 5.91 Å². The summed E-state index contributed by atoms with van der Waals surface area (Å²) in [7, 11) is 0. The molecule has 0 bridgehead atoms. The van der Waals surface area contributed by atoms with E-state index in [0.29, 0.717) is 12.6 Å². The van der Waals surface area contributed by atoms with Crippen LogP contribution >= 0.6 is 11.8 Å². The third-order valence-corrected chi connectivity index (χ3v) is 9.33. The summed E-state index contributed by atoms with van der Waals surface area (Å²) >= 11 is 1.45. The van der Waals surface area contributed by atoms with Gasteiger partial charge < -0.3 is 0 Å². The van der Waals surface area contributed by atoms with E-state index < -0.39 is 4.87 Å². The molecule has 0 N–H and O–H groups in total. The Morgan fingerprint density at radius 3 is 2.46 bits per heavy atom. The highest BCUT2D eigenvalue weighted by molar-refractivity contribution is 8.02. The molecule has 2 atom stereocenters. The normalized spacial score (nSPS) is 23.5. The molecule has 0 saturated carbocycles. The monoisotopic (exact) mass is 505 g/mol. The highest BCUT2D eigenvalue weighted by Crippen LogP contribution is 2.56. The maximum atomic E-state index is 14.4. The maximum Gasteiger partial charge on any atom is 0.269 e. The van der Waals surface area contributed by atoms with Gasteiger partial charge in [-0.2, -0.15) is 0 Å². The van der Waals surface area contributed by atoms with Crippen molar-refractivity contribution in [2.45, 2.75) is 17.2 Å². The number of para-hydroxylation sites is 1. The zero-order chi connectivity index (χ0) is 25.0. The van der Waals surface area contributed by atoms with Gasteiger partial charge in [-0.3, -0.25) is 24.3 Å². The molecule has 0 radical (unpaired) electrons. The van der Waals surface area contributed by atoms with Crippen LogP contribution in [0.25, 0.3) is 10.8 Å². The zero-order valence-corrected chi connectivity index (χ0v) is 21.2. The van der Waals surface area contributed by atoms with Gasteiger partial charge in [0, 0.05) is 24.3 Å². The lowest BCUT2D eigenvalue weighted by atomic mass is 9.99. The minimum Gasteiger partial charge on any atom is -0.295 e. The first-order valence-electron chi connectivity index (χ1n) is 12.8. The van der Waals surface area contributed by atoms with E-state index in [-0.39, 0.29) is 17.6 Å². The number of benzene rings is 4. The molecule has 3 aliphatic rings. The number of carbonyl (C=O) groups excluding carboxylic acids is 2. The molecule has 37 heavy (non-hydrogen) atoms. The molecule has 7 rings (SSSR count). The number of hydrogen-bond acceptors (Lipinski definition) is 4. The Kier molecular flexibility index (Phi) is 5.34. The first-order valence-corrected chi connectivity index (χ1v) is 13.8. The smallest absolute Gasteiger partial charge is 0.269 e. The van der Waals surface area contributed by atoms with E-state index in [2.05, 4.69) is 41.3 Å². The average molecular weight is 506 g/mol. The van der Waals surface area contributed by atoms with Crippen molar-refractivity contribution < 1.29 is 9.59 Å². The van der Waals surface area contributed by atoms with E-state index in [9.17, 15) is 9.59 Å². The van der Waals surface area contributed by atoms with Crippen LogP contribution in [0.2, 0.25) is 0 Å². The quantitative estimate of drug-likeness (QED) is 0.364. The number of nitrogens with zero attached hydrogens (tertiary/aromatic N) is 3. The molecule has 0 aliphatic carbocycles. The molecule has 4 aromatic rings. The summed E-state index contributed by atoms with van der Waals surface area (Å²) in [4.78, 5) is 32.8. The molecule has 1 spiro atoms. The molecule has 0 aromatic heterocycles. The van der Waals surface area contributed by atoms with Crippen LogP contribution in [-0.4, -0.2) is 42.2 Å². The standard InChI is InChI=1S/C31H27N3O2S/c35-29-20-37-31(34(29)26-15-14-23-10-4-5-11-24(23)18-26)27-12-6-7-13-28(27)33(30(31)36)21-32-17-16-25(19-32)22-8-2-1-3-9-22/h1-15,18,25H,16-17,19-21H2/t25-,31+/m0/s1. The second-order valence-electron chi connectivity index (χ2n) is 10.1. The van der Waals surface area contributed by atoms with Gasteiger partial charge in [0.1, 0.15) is 0 Å². The molecule has 2 saturated heterocycles. The molecule has 2 amide bonds. The van der Waals surface area contributed by atoms with E-state index in [1.807, 2.05) is 65.6 Å². The van der Waals surface area contributed by atoms with Crippen LogP contribution < -0.4 is 9.80 Å². The topological polar surface area (TPSA) is 43.9 Å². The lowest BCUT2D eigenvalue weighted by molar-refractivity contribution is -0.123. The van der Waals surface area contributed by atoms with Crippen molar-refractivity contribution in [1.29, 1.82) is 0 Å². The summed E-state index contributed by atoms with van der Waals surface area (Å²) < 4.78 is 0. The van der Waals surface area contributed by atoms with E-state index in [1.54, 1.807) is 4.90 Å². The van der Waals surface area contributed by atoms with Crippen molar-refractivity contribution in [3.8, 4) is 0 Å². The summed E-state index contributed by atoms with van der Waals surface area (Å²) in [6.45, 7) is 2.39. The maximum absolute atomic E-state index is 14.4. The third kappa shape index (κ3) is 3.50. The Morgan fingerprint density at radius 2 is 1.59 bits per heavy atom. The van der Waals surface area contributed by atoms with Crippen molar-refractivity contribution in [2.75, 3.05) is 35.3 Å². The van der Waals surface area contributed by atoms with Gasteiger partial charge in [0.2, 0.25) is 10.8 Å². The molecular formula is C31H27N3O2S. The third-order valence-electron chi connectivity index (χ3n) is 7.94. The van der Waals surface area contributed by atoms with Gasteiger partial charge in [-0.05, 0) is 46.9 Å². The minimum absolute atomic E-state index is 0.0270. The average Bonchev–Trinajstić information content (AvgIpc) is 3.62. The van der Waals surface area contributed by atoms with Crippen LogP contribution in [-0.2, 0) is 14.5 Å². The van der Waals surface area contributed by atoms with Crippen LogP contribution in [0.15, 0.2) is 97.1 Å². The highest BCUT2D eigenvalue weighted by Gasteiger charge is 2.61. The Bertz CT molecular complexity index is 1520. The van der Waals surface area contributed by atoms with Crippen molar-refractivity contribution in [2.24, 2.45) is 0 Å². The van der Waals surface area contributed by atoms with Gasteiger partial charge in [0.15, 0.2) is 0 Å². The second kappa shape index (κ2) is 8.75. The number of fused-ring (bicyclic) bond motifs is 3. The molecule has 3 aliphatic heterocycles. The van der Waals surface area contributed by atoms with Crippen LogP contribution in [0.3, 0.4) is 0 Å². The number of likely N-dealkylation sites (tertiary alicyclic amines) is 1. The Balaban J connectivity index is 1.24. The zero-order valence-electron chi connectivity index (χ0n) is 20.4. The number of thioether (sulfide) groups is 1. The van der Waals surface area contributed by atoms with Gasteiger partial charge in [-0.25, -0.2) is 0 Å². The van der Waals surface area contributed by atoms with Crippen LogP contribution in [0.1, 0.15) is 23.5 Å². The lowest BCUT2D eigenvalue weighted by Gasteiger charge is -2.34. The summed E-state index contributed by atoms with van der Waals surface area (Å²) in [6, 6.07) is 32.8. The van der Waals surface area contributed by atoms with Gasteiger partial charge in [0.05, 0.1) is 18.1 Å². The van der Waals surface area contributed by atoms with Gasteiger partial charge in [-0.1, -0.05) is 78.9 Å². The molecule has 4 aromatic carbocycles. The molecule has 0 unspecified atom stereocenters. The van der Waals surface area contributed by atoms with Crippen molar-refractivity contribution in [3.63, 3.8) is 0 Å². The van der Waals surface area contributed by atoms with E-state index >= 15 is 0 Å². The van der Waals surface area contributed by atoms with E-state index in [0.717, 1.165) is 47.2 Å². The first-order chi connectivity index (χ1) is 18.1. The number of carbonyl (C=O) groups is 2. The van der Waals surface area contributed by atoms with Gasteiger partial charge >= 0.3 is 0 Å². The molecule has 2 fully saturated rings. The van der Waals surface area contributed by atoms with Crippen molar-refractivity contribution in [3.05, 3.63) is 108 Å². The number of amides is 2. The van der Waals surface area contributed by atoms with Crippen LogP contribution in [0.4, 0.5) is 11.4 Å². The SMILES string of the molecule is O=C1CS[C@]2(C(=O)N(CN3CC[C@H](c4ccccc4)C3)c3ccccc32)N1c1ccc2ccccc2c1. The van der Waals surface area contributed by atoms with E-state index in [4.69, 9.17) is 0 Å². The van der Waals surface area contributed by atoms with Crippen LogP contribution in [0.5, 0.6) is 0 Å². The molecule has 3 heterocycles. The lowest BCUT2D eigenvalue weighted by Crippen LogP contribution is -2.51. The number of anilines is 2. The second-order valence-corrected chi connectivity index (χ2v) is 11.2. The molecule has 5 nitrogen and oxygen atoms in total. The number of rotatable bonds is 4. The highest BCUT2D eigenvalue weighted by atomic mass is 32.2. The summed E-state index contributed by atoms with van der Waals surface area (Å²) in [5, 5.41) is 2.17. The fraction of sp³-hybridized carbons (Fsp3) is 0.226. The minimum atomic E-state index is -1.07. The summed E-state index contributed by atoms with van der Waals surface area (Å²) in [5.74, 6) is 0.691. The molecule has 184 valence electrons. The summed E-state index contributed by atoms with van der Waals surface area (Å²) in [5.41, 5.74) is 3.93. The Labute approximate surface area is 220 Å². The Morgan fingerprint density at radius 1 is 0.838 bits per heavy atom. The van der Waals surface area contributed by atoms with Crippen LogP contribution in [0, 0.1) is 0 Å². The predicted octanol–water partition coefficient (Wildman–Crippen LogP) is 5.57. The largest absolute Gasteiger partial charge is 0.295 e. The van der Waals surface area contributed by atoms with Crippen molar-refractivity contribution >= 4 is 45.7 Å². The molecular weight excluding hydrogens is 478 g/mol. The fourth-order valence-corrected chi connectivity index (χ4v) is 7.53. The predicted molar refractivity (Wildman–Crippen MR) is 150 cm³/mol. The first kappa shape index (κ1) is 22.6. The fourth-order valence-electron chi connectivity index (χ4n) is 6.17. The van der Waals surface area contributed by atoms with Gasteiger partial charge in [-0.15, -0.1) is 11.8 Å². The number of hydrogen-bond donors (Lipinski definition) is 0. The molecule has 6 heteroatoms. The van der Waals surface area contributed by atoms with Crippen molar-refractivity contribution in [1.82, 2.24) is 4.90 Å². The Hall–Kier alpha value is -3.61. The van der Waals surface area contributed by atoms with E-state index in [1.165, 1.54) is 17.3 Å². The summed E-state index contributed by atoms with van der Waals surface area (Å²) in [6.07, 6.45) is 1.08.